The van der Waals surface area contributed by atoms with Gasteiger partial charge in [0.1, 0.15) is 23.1 Å². The number of aryl methyl sites for hydroxylation is 1. The monoisotopic (exact) mass is 395 g/mol. The predicted octanol–water partition coefficient (Wildman–Crippen LogP) is 4.91. The summed E-state index contributed by atoms with van der Waals surface area (Å²) in [5.74, 6) is -0.201. The Morgan fingerprint density at radius 2 is 1.97 bits per heavy atom. The van der Waals surface area contributed by atoms with Crippen LogP contribution in [0.25, 0.3) is 0 Å². The third-order valence-electron chi connectivity index (χ3n) is 3.90. The molecule has 0 spiro atoms. The van der Waals surface area contributed by atoms with E-state index in [0.717, 1.165) is 0 Å². The molecule has 0 radical (unpaired) electrons. The molecule has 0 atom stereocenters. The number of carbonyl (C=O) groups is 1. The summed E-state index contributed by atoms with van der Waals surface area (Å²) >= 11 is 0. The van der Waals surface area contributed by atoms with Crippen molar-refractivity contribution >= 4 is 11.6 Å². The first-order valence-corrected chi connectivity index (χ1v) is 8.46. The molecule has 1 aromatic heterocycles. The van der Waals surface area contributed by atoms with E-state index in [1.807, 2.05) is 6.07 Å². The Kier molecular flexibility index (Phi) is 6.00. The number of hydrogen-bond donors (Lipinski definition) is 1. The maximum Gasteiger partial charge on any atom is 0.387 e. The number of nitriles is 1. The molecule has 29 heavy (non-hydrogen) atoms. The second kappa shape index (κ2) is 8.80. The first kappa shape index (κ1) is 19.8. The van der Waals surface area contributed by atoms with E-state index in [1.165, 1.54) is 24.4 Å². The highest BCUT2D eigenvalue weighted by molar-refractivity contribution is 6.06. The third kappa shape index (κ3) is 4.84. The summed E-state index contributed by atoms with van der Waals surface area (Å²) in [4.78, 5) is 16.5. The van der Waals surface area contributed by atoms with Crippen LogP contribution in [0.3, 0.4) is 0 Å². The van der Waals surface area contributed by atoms with Crippen LogP contribution in [0.5, 0.6) is 17.4 Å². The lowest BCUT2D eigenvalue weighted by atomic mass is 10.1. The maximum absolute atomic E-state index is 12.5. The molecule has 0 saturated carbocycles. The highest BCUT2D eigenvalue weighted by Gasteiger charge is 2.16. The standard InChI is InChI=1S/C21H15F2N3O3/c1-13-11-15(28-20-14(12-24)5-4-10-25-20)8-9-17(13)26-19(27)16-6-2-3-7-18(16)29-21(22)23/h2-11,21H,1H3,(H,26,27). The van der Waals surface area contributed by atoms with Gasteiger partial charge in [-0.1, -0.05) is 12.1 Å². The van der Waals surface area contributed by atoms with Crippen molar-refractivity contribution in [1.29, 1.82) is 5.26 Å². The quantitative estimate of drug-likeness (QED) is 0.641. The first-order valence-electron chi connectivity index (χ1n) is 8.46. The third-order valence-corrected chi connectivity index (χ3v) is 3.90. The zero-order chi connectivity index (χ0) is 20.8. The molecule has 3 rings (SSSR count). The van der Waals surface area contributed by atoms with Gasteiger partial charge in [0.2, 0.25) is 5.88 Å². The molecule has 6 nitrogen and oxygen atoms in total. The lowest BCUT2D eigenvalue weighted by molar-refractivity contribution is -0.0501. The van der Waals surface area contributed by atoms with E-state index in [1.54, 1.807) is 43.3 Å². The molecule has 1 heterocycles. The summed E-state index contributed by atoms with van der Waals surface area (Å²) in [6, 6.07) is 15.8. The van der Waals surface area contributed by atoms with Crippen LogP contribution >= 0.6 is 0 Å². The molecule has 0 aliphatic heterocycles. The molecular formula is C21H15F2N3O3. The minimum atomic E-state index is -3.04. The van der Waals surface area contributed by atoms with Crippen molar-refractivity contribution in [2.45, 2.75) is 13.5 Å². The Hall–Kier alpha value is -3.99. The Bertz CT molecular complexity index is 1080. The molecule has 146 valence electrons. The van der Waals surface area contributed by atoms with Gasteiger partial charge < -0.3 is 14.8 Å². The zero-order valence-electron chi connectivity index (χ0n) is 15.2. The number of aromatic nitrogens is 1. The van der Waals surface area contributed by atoms with E-state index >= 15 is 0 Å². The summed E-state index contributed by atoms with van der Waals surface area (Å²) in [7, 11) is 0. The summed E-state index contributed by atoms with van der Waals surface area (Å²) in [5, 5.41) is 11.8. The minimum absolute atomic E-state index is 0.0142. The number of anilines is 1. The Morgan fingerprint density at radius 1 is 1.17 bits per heavy atom. The number of nitrogens with one attached hydrogen (secondary N) is 1. The molecule has 1 amide bonds. The van der Waals surface area contributed by atoms with Crippen molar-refractivity contribution in [3.8, 4) is 23.4 Å². The van der Waals surface area contributed by atoms with Crippen molar-refractivity contribution < 1.29 is 23.0 Å². The van der Waals surface area contributed by atoms with Gasteiger partial charge in [0.25, 0.3) is 5.91 Å². The number of ether oxygens (including phenoxy) is 2. The van der Waals surface area contributed by atoms with E-state index in [0.29, 0.717) is 17.0 Å². The molecule has 1 N–H and O–H groups in total. The van der Waals surface area contributed by atoms with Crippen molar-refractivity contribution in [3.05, 3.63) is 77.5 Å². The van der Waals surface area contributed by atoms with Gasteiger partial charge in [-0.25, -0.2) is 4.98 Å². The normalized spacial score (nSPS) is 10.3. The SMILES string of the molecule is Cc1cc(Oc2ncccc2C#N)ccc1NC(=O)c1ccccc1OC(F)F. The fraction of sp³-hybridized carbons (Fsp3) is 0.0952. The summed E-state index contributed by atoms with van der Waals surface area (Å²) in [5.41, 5.74) is 1.41. The number of carbonyl (C=O) groups excluding carboxylic acids is 1. The van der Waals surface area contributed by atoms with Gasteiger partial charge in [-0.2, -0.15) is 14.0 Å². The van der Waals surface area contributed by atoms with Gasteiger partial charge in [-0.3, -0.25) is 4.79 Å². The van der Waals surface area contributed by atoms with Gasteiger partial charge in [0, 0.05) is 11.9 Å². The second-order valence-electron chi connectivity index (χ2n) is 5.88. The average molecular weight is 395 g/mol. The van der Waals surface area contributed by atoms with Crippen LogP contribution in [0, 0.1) is 18.3 Å². The topological polar surface area (TPSA) is 84.2 Å². The number of nitrogens with zero attached hydrogens (tertiary/aromatic N) is 2. The van der Waals surface area contributed by atoms with E-state index in [-0.39, 0.29) is 22.8 Å². The number of amides is 1. The molecule has 3 aromatic rings. The lowest BCUT2D eigenvalue weighted by Gasteiger charge is -2.13. The first-order chi connectivity index (χ1) is 14.0. The lowest BCUT2D eigenvalue weighted by Crippen LogP contribution is -2.15. The number of para-hydroxylation sites is 1. The molecular weight excluding hydrogens is 380 g/mol. The van der Waals surface area contributed by atoms with Crippen LogP contribution in [0.1, 0.15) is 21.5 Å². The molecule has 0 saturated heterocycles. The smallest absolute Gasteiger partial charge is 0.387 e. The molecule has 0 aliphatic carbocycles. The fourth-order valence-electron chi connectivity index (χ4n) is 2.55. The number of alkyl halides is 2. The van der Waals surface area contributed by atoms with Crippen LogP contribution in [0.2, 0.25) is 0 Å². The van der Waals surface area contributed by atoms with Crippen LogP contribution < -0.4 is 14.8 Å². The van der Waals surface area contributed by atoms with Crippen molar-refractivity contribution in [1.82, 2.24) is 4.98 Å². The van der Waals surface area contributed by atoms with Crippen LogP contribution in [-0.2, 0) is 0 Å². The van der Waals surface area contributed by atoms with E-state index in [2.05, 4.69) is 15.0 Å². The van der Waals surface area contributed by atoms with Crippen molar-refractivity contribution in [3.63, 3.8) is 0 Å². The molecule has 0 unspecified atom stereocenters. The number of pyridine rings is 1. The van der Waals surface area contributed by atoms with Gasteiger partial charge in [-0.05, 0) is 55.0 Å². The van der Waals surface area contributed by atoms with Gasteiger partial charge >= 0.3 is 6.61 Å². The van der Waals surface area contributed by atoms with Gasteiger partial charge in [-0.15, -0.1) is 0 Å². The summed E-state index contributed by atoms with van der Waals surface area (Å²) in [6.45, 7) is -1.29. The van der Waals surface area contributed by atoms with Crippen LogP contribution in [0.4, 0.5) is 14.5 Å². The predicted molar refractivity (Wildman–Crippen MR) is 101 cm³/mol. The van der Waals surface area contributed by atoms with Crippen molar-refractivity contribution in [2.75, 3.05) is 5.32 Å². The van der Waals surface area contributed by atoms with Gasteiger partial charge in [0.15, 0.2) is 0 Å². The summed E-state index contributed by atoms with van der Waals surface area (Å²) < 4.78 is 35.1. The Labute approximate surface area is 165 Å². The molecule has 8 heteroatoms. The van der Waals surface area contributed by atoms with Gasteiger partial charge in [0.05, 0.1) is 5.56 Å². The van der Waals surface area contributed by atoms with Crippen molar-refractivity contribution in [2.24, 2.45) is 0 Å². The number of halogens is 2. The average Bonchev–Trinajstić information content (AvgIpc) is 2.70. The number of hydrogen-bond acceptors (Lipinski definition) is 5. The fourth-order valence-corrected chi connectivity index (χ4v) is 2.55. The van der Waals surface area contributed by atoms with E-state index in [9.17, 15) is 13.6 Å². The number of rotatable bonds is 6. The Balaban J connectivity index is 1.78. The molecule has 0 fully saturated rings. The molecule has 2 aromatic carbocycles. The minimum Gasteiger partial charge on any atom is -0.438 e. The number of benzene rings is 2. The highest BCUT2D eigenvalue weighted by Crippen LogP contribution is 2.28. The van der Waals surface area contributed by atoms with E-state index in [4.69, 9.17) is 10.00 Å². The molecule has 0 aliphatic rings. The largest absolute Gasteiger partial charge is 0.438 e. The van der Waals surface area contributed by atoms with E-state index < -0.39 is 12.5 Å². The molecule has 0 bridgehead atoms. The van der Waals surface area contributed by atoms with Crippen LogP contribution in [-0.4, -0.2) is 17.5 Å². The maximum atomic E-state index is 12.5. The Morgan fingerprint density at radius 3 is 2.69 bits per heavy atom. The second-order valence-corrected chi connectivity index (χ2v) is 5.88. The zero-order valence-corrected chi connectivity index (χ0v) is 15.2. The van der Waals surface area contributed by atoms with Crippen LogP contribution in [0.15, 0.2) is 60.8 Å². The highest BCUT2D eigenvalue weighted by atomic mass is 19.3. The summed E-state index contributed by atoms with van der Waals surface area (Å²) in [6.07, 6.45) is 1.51.